The molecule has 0 radical (unpaired) electrons. The molecule has 3 atom stereocenters. The third kappa shape index (κ3) is 55.2. The fraction of sp³-hybridized carbons (Fsp3) is 0.692. The Balaban J connectivity index is 5.47. The molecule has 0 rings (SSSR count). The number of hydrogen-bond donors (Lipinski definition) is 2. The molecule has 0 heterocycles. The van der Waals surface area contributed by atoms with Crippen LogP contribution in [0.25, 0.3) is 0 Å². The van der Waals surface area contributed by atoms with E-state index in [1.54, 1.807) is 0 Å². The van der Waals surface area contributed by atoms with Gasteiger partial charge in [-0.25, -0.2) is 4.57 Å². The molecule has 0 aliphatic rings. The van der Waals surface area contributed by atoms with Crippen molar-refractivity contribution in [2.24, 2.45) is 0 Å². The van der Waals surface area contributed by atoms with E-state index in [2.05, 4.69) is 117 Å². The zero-order valence-corrected chi connectivity index (χ0v) is 49.9. The summed E-state index contributed by atoms with van der Waals surface area (Å²) in [4.78, 5) is 37.6. The molecule has 0 saturated carbocycles. The monoisotopic (exact) mass is 1070 g/mol. The Hall–Kier alpha value is -3.33. The summed E-state index contributed by atoms with van der Waals surface area (Å²) in [6.07, 6.45) is 73.8. The molecule has 9 nitrogen and oxygen atoms in total. The maximum absolute atomic E-state index is 13.5. The molecule has 0 aliphatic heterocycles. The molecule has 430 valence electrons. The molecule has 0 aromatic carbocycles. The molecule has 0 spiro atoms. The van der Waals surface area contributed by atoms with Crippen LogP contribution in [0.1, 0.15) is 239 Å². The second kappa shape index (κ2) is 54.0. The zero-order chi connectivity index (χ0) is 55.0. The number of rotatable bonds is 53. The van der Waals surface area contributed by atoms with Crippen molar-refractivity contribution in [3.05, 3.63) is 109 Å². The molecule has 0 saturated heterocycles. The van der Waals surface area contributed by atoms with Crippen LogP contribution in [0.4, 0.5) is 0 Å². The van der Waals surface area contributed by atoms with Crippen molar-refractivity contribution in [1.82, 2.24) is 5.32 Å². The second-order valence-electron chi connectivity index (χ2n) is 21.1. The van der Waals surface area contributed by atoms with Gasteiger partial charge in [-0.15, -0.1) is 0 Å². The molecule has 0 fully saturated rings. The summed E-state index contributed by atoms with van der Waals surface area (Å²) in [6, 6.07) is -0.890. The number of ether oxygens (including phenoxy) is 1. The molecule has 3 unspecified atom stereocenters. The third-order valence-corrected chi connectivity index (χ3v) is 13.7. The topological polar surface area (TPSA) is 111 Å². The minimum atomic E-state index is -4.47. The van der Waals surface area contributed by atoms with Crippen molar-refractivity contribution in [2.45, 2.75) is 251 Å². The SMILES string of the molecule is CC/C=C\C/C=C\C/C=C\C/C=C\C/C=C\C/C=C\CCC(=O)OC(/C=C/CCCCCCCCCCCCC)C(COP(=O)(O)OCC[N+](C)(C)C)NC(=O)CCCCCCCCC/C=C\C/C=C\CCCCC. The maximum atomic E-state index is 13.5. The number of nitrogens with one attached hydrogen (secondary N) is 1. The highest BCUT2D eigenvalue weighted by atomic mass is 31.2. The standard InChI is InChI=1S/C65H113N2O7P/c1-7-10-13-16-19-22-25-28-30-32-33-35-37-40-43-46-49-52-55-58-65(69)74-63(56-53-50-47-44-41-38-27-24-21-18-15-12-9-3)62(61-73-75(70,71)72-60-59-67(4,5)6)66-64(68)57-54-51-48-45-42-39-36-34-31-29-26-23-20-17-14-11-8-2/h10,13,19-20,22-23,28-31,33,35,40,43,49,52-53,56,62-63H,7-9,11-12,14-18,21,24-27,32,34,36-39,41-42,44-48,50-51,54-55,57-61H2,1-6H3,(H-,66,68,70,71)/p+1/b13-10-,22-19-,23-20-,30-28-,31-29-,35-33-,43-40-,52-49-,56-53+. The lowest BCUT2D eigenvalue weighted by atomic mass is 10.0. The number of unbranched alkanes of at least 4 members (excludes halogenated alkanes) is 21. The zero-order valence-electron chi connectivity index (χ0n) is 49.0. The van der Waals surface area contributed by atoms with Crippen LogP contribution >= 0.6 is 7.82 Å². The van der Waals surface area contributed by atoms with Gasteiger partial charge in [-0.3, -0.25) is 18.6 Å². The Bertz CT molecular complexity index is 1650. The summed E-state index contributed by atoms with van der Waals surface area (Å²) in [7, 11) is 1.44. The predicted octanol–water partition coefficient (Wildman–Crippen LogP) is 18.6. The number of carbonyl (C=O) groups is 2. The first-order valence-corrected chi connectivity index (χ1v) is 31.7. The molecule has 10 heteroatoms. The number of carbonyl (C=O) groups excluding carboxylic acids is 2. The normalized spacial score (nSPS) is 14.5. The van der Waals surface area contributed by atoms with Crippen LogP contribution in [0, 0.1) is 0 Å². The molecule has 1 amide bonds. The van der Waals surface area contributed by atoms with E-state index in [0.29, 0.717) is 23.9 Å². The van der Waals surface area contributed by atoms with Crippen molar-refractivity contribution in [3.63, 3.8) is 0 Å². The van der Waals surface area contributed by atoms with Gasteiger partial charge in [0.2, 0.25) is 5.91 Å². The largest absolute Gasteiger partial charge is 0.472 e. The van der Waals surface area contributed by atoms with Gasteiger partial charge >= 0.3 is 13.8 Å². The van der Waals surface area contributed by atoms with E-state index >= 15 is 0 Å². The molecule has 0 aromatic heterocycles. The first-order chi connectivity index (χ1) is 36.4. The molecule has 0 aromatic rings. The van der Waals surface area contributed by atoms with Crippen LogP contribution in [0.5, 0.6) is 0 Å². The fourth-order valence-corrected chi connectivity index (χ4v) is 8.79. The number of likely N-dealkylation sites (N-methyl/N-ethyl adjacent to an activating group) is 1. The number of phosphoric ester groups is 1. The number of hydrogen-bond acceptors (Lipinski definition) is 6. The van der Waals surface area contributed by atoms with Crippen molar-refractivity contribution in [1.29, 1.82) is 0 Å². The van der Waals surface area contributed by atoms with E-state index in [-0.39, 0.29) is 25.5 Å². The van der Waals surface area contributed by atoms with Gasteiger partial charge in [-0.1, -0.05) is 233 Å². The van der Waals surface area contributed by atoms with E-state index < -0.39 is 25.9 Å². The average Bonchev–Trinajstić information content (AvgIpc) is 3.37. The van der Waals surface area contributed by atoms with Gasteiger partial charge in [0, 0.05) is 12.8 Å². The van der Waals surface area contributed by atoms with Crippen LogP contribution in [-0.2, 0) is 27.9 Å². The highest BCUT2D eigenvalue weighted by Gasteiger charge is 2.30. The number of quaternary nitrogens is 1. The lowest BCUT2D eigenvalue weighted by Crippen LogP contribution is -2.47. The van der Waals surface area contributed by atoms with Gasteiger partial charge in [0.25, 0.3) is 0 Å². The van der Waals surface area contributed by atoms with Gasteiger partial charge in [-0.05, 0) is 102 Å². The van der Waals surface area contributed by atoms with Crippen LogP contribution < -0.4 is 5.32 Å². The van der Waals surface area contributed by atoms with E-state index in [1.165, 1.54) is 103 Å². The Morgan fingerprint density at radius 3 is 1.33 bits per heavy atom. The summed E-state index contributed by atoms with van der Waals surface area (Å²) in [5.41, 5.74) is 0. The molecule has 0 aliphatic carbocycles. The van der Waals surface area contributed by atoms with Crippen molar-refractivity contribution in [3.8, 4) is 0 Å². The number of amides is 1. The first-order valence-electron chi connectivity index (χ1n) is 30.2. The van der Waals surface area contributed by atoms with Gasteiger partial charge in [0.15, 0.2) is 0 Å². The second-order valence-corrected chi connectivity index (χ2v) is 22.6. The fourth-order valence-electron chi connectivity index (χ4n) is 8.05. The van der Waals surface area contributed by atoms with Gasteiger partial charge < -0.3 is 19.4 Å². The number of esters is 1. The van der Waals surface area contributed by atoms with Gasteiger partial charge in [0.05, 0.1) is 33.8 Å². The lowest BCUT2D eigenvalue weighted by Gasteiger charge is -2.27. The molecular weight excluding hydrogens is 952 g/mol. The summed E-state index contributed by atoms with van der Waals surface area (Å²) in [6.45, 7) is 6.81. The average molecular weight is 1070 g/mol. The van der Waals surface area contributed by atoms with Crippen molar-refractivity contribution >= 4 is 19.7 Å². The van der Waals surface area contributed by atoms with E-state index in [9.17, 15) is 19.0 Å². The minimum absolute atomic E-state index is 0.0222. The van der Waals surface area contributed by atoms with Gasteiger partial charge in [0.1, 0.15) is 19.3 Å². The third-order valence-electron chi connectivity index (χ3n) is 12.7. The summed E-state index contributed by atoms with van der Waals surface area (Å²) in [5, 5.41) is 3.03. The number of nitrogens with zero attached hydrogens (tertiary/aromatic N) is 1. The van der Waals surface area contributed by atoms with Crippen molar-refractivity contribution in [2.75, 3.05) is 40.9 Å². The van der Waals surface area contributed by atoms with E-state index in [0.717, 1.165) is 96.3 Å². The minimum Gasteiger partial charge on any atom is -0.456 e. The Morgan fingerprint density at radius 1 is 0.480 bits per heavy atom. The van der Waals surface area contributed by atoms with E-state index in [1.807, 2.05) is 39.4 Å². The predicted molar refractivity (Wildman–Crippen MR) is 323 cm³/mol. The lowest BCUT2D eigenvalue weighted by molar-refractivity contribution is -0.870. The Labute approximate surface area is 461 Å². The van der Waals surface area contributed by atoms with Crippen LogP contribution in [0.15, 0.2) is 109 Å². The van der Waals surface area contributed by atoms with Crippen molar-refractivity contribution < 1.29 is 37.3 Å². The van der Waals surface area contributed by atoms with E-state index in [4.69, 9.17) is 13.8 Å². The summed E-state index contributed by atoms with van der Waals surface area (Å²) in [5.74, 6) is -0.617. The Morgan fingerprint density at radius 2 is 0.867 bits per heavy atom. The molecular formula is C65H114N2O7P+. The summed E-state index contributed by atoms with van der Waals surface area (Å²) >= 11 is 0. The first kappa shape index (κ1) is 71.7. The smallest absolute Gasteiger partial charge is 0.456 e. The van der Waals surface area contributed by atoms with Crippen LogP contribution in [-0.4, -0.2) is 74.3 Å². The number of allylic oxidation sites excluding steroid dienone is 17. The number of phosphoric acid groups is 1. The van der Waals surface area contributed by atoms with Gasteiger partial charge in [-0.2, -0.15) is 0 Å². The highest BCUT2D eigenvalue weighted by Crippen LogP contribution is 2.43. The quantitative estimate of drug-likeness (QED) is 0.0205. The van der Waals surface area contributed by atoms with Crippen LogP contribution in [0.2, 0.25) is 0 Å². The molecule has 75 heavy (non-hydrogen) atoms. The molecule has 2 N–H and O–H groups in total. The highest BCUT2D eigenvalue weighted by molar-refractivity contribution is 7.47. The molecule has 0 bridgehead atoms. The Kier molecular flexibility index (Phi) is 51.6. The maximum Gasteiger partial charge on any atom is 0.472 e. The summed E-state index contributed by atoms with van der Waals surface area (Å²) < 4.78 is 30.6. The van der Waals surface area contributed by atoms with Crippen LogP contribution in [0.3, 0.4) is 0 Å².